The largest absolute Gasteiger partial charge is 0.359 e. The summed E-state index contributed by atoms with van der Waals surface area (Å²) in [5.74, 6) is 2.90. The molecule has 5 nitrogen and oxygen atoms in total. The van der Waals surface area contributed by atoms with Gasteiger partial charge in [-0.25, -0.2) is 9.97 Å². The third-order valence-corrected chi connectivity index (χ3v) is 4.65. The second kappa shape index (κ2) is 5.65. The Balaban J connectivity index is 1.55. The number of aromatic nitrogens is 4. The minimum atomic E-state index is 0.625. The normalized spacial score (nSPS) is 17.2. The molecule has 1 atom stereocenters. The molecule has 0 fully saturated rings. The van der Waals surface area contributed by atoms with Crippen molar-refractivity contribution in [3.8, 4) is 0 Å². The van der Waals surface area contributed by atoms with E-state index >= 15 is 0 Å². The number of anilines is 1. The molecule has 5 heteroatoms. The minimum absolute atomic E-state index is 0.625. The van der Waals surface area contributed by atoms with E-state index in [0.717, 1.165) is 36.4 Å². The Morgan fingerprint density at radius 2 is 2.22 bits per heavy atom. The lowest BCUT2D eigenvalue weighted by Gasteiger charge is -2.29. The molecule has 0 saturated heterocycles. The van der Waals surface area contributed by atoms with E-state index in [-0.39, 0.29) is 0 Å². The third kappa shape index (κ3) is 2.67. The lowest BCUT2D eigenvalue weighted by molar-refractivity contribution is 0.368. The van der Waals surface area contributed by atoms with Crippen LogP contribution in [0.1, 0.15) is 17.9 Å². The average Bonchev–Trinajstić information content (AvgIpc) is 2.93. The SMILES string of the molecule is Cc1cn2c(n1)CCC(CN(C)c1nccc3cnccc13)C2. The molecule has 23 heavy (non-hydrogen) atoms. The summed E-state index contributed by atoms with van der Waals surface area (Å²) in [6, 6.07) is 4.06. The van der Waals surface area contributed by atoms with Gasteiger partial charge in [0.25, 0.3) is 0 Å². The first kappa shape index (κ1) is 14.2. The fraction of sp³-hybridized carbons (Fsp3) is 0.389. The quantitative estimate of drug-likeness (QED) is 0.746. The molecule has 1 aliphatic rings. The molecule has 1 aliphatic heterocycles. The van der Waals surface area contributed by atoms with Crippen LogP contribution in [0.25, 0.3) is 10.8 Å². The molecule has 4 rings (SSSR count). The number of rotatable bonds is 3. The molecule has 3 aromatic heterocycles. The standard InChI is InChI=1S/C18H21N5/c1-13-10-23-12-14(3-4-17(23)21-13)11-22(2)18-16-6-7-19-9-15(16)5-8-20-18/h5-10,14H,3-4,11-12H2,1-2H3. The van der Waals surface area contributed by atoms with Gasteiger partial charge in [-0.05, 0) is 31.4 Å². The number of hydrogen-bond acceptors (Lipinski definition) is 4. The van der Waals surface area contributed by atoms with Crippen molar-refractivity contribution in [2.24, 2.45) is 5.92 Å². The first-order valence-corrected chi connectivity index (χ1v) is 8.13. The smallest absolute Gasteiger partial charge is 0.136 e. The van der Waals surface area contributed by atoms with Gasteiger partial charge in [-0.15, -0.1) is 0 Å². The third-order valence-electron chi connectivity index (χ3n) is 4.65. The summed E-state index contributed by atoms with van der Waals surface area (Å²) in [6.07, 6.45) is 10.0. The summed E-state index contributed by atoms with van der Waals surface area (Å²) < 4.78 is 2.32. The van der Waals surface area contributed by atoms with Gasteiger partial charge in [0.15, 0.2) is 0 Å². The number of fused-ring (bicyclic) bond motifs is 2. The number of pyridine rings is 2. The van der Waals surface area contributed by atoms with Crippen LogP contribution in [0.4, 0.5) is 5.82 Å². The zero-order valence-electron chi connectivity index (χ0n) is 13.6. The van der Waals surface area contributed by atoms with E-state index in [1.165, 1.54) is 17.6 Å². The fourth-order valence-corrected chi connectivity index (χ4v) is 3.58. The molecule has 4 heterocycles. The van der Waals surface area contributed by atoms with Crippen LogP contribution in [0.15, 0.2) is 36.9 Å². The van der Waals surface area contributed by atoms with Crippen molar-refractivity contribution in [3.63, 3.8) is 0 Å². The minimum Gasteiger partial charge on any atom is -0.359 e. The highest BCUT2D eigenvalue weighted by atomic mass is 15.2. The van der Waals surface area contributed by atoms with E-state index in [1.807, 2.05) is 30.7 Å². The van der Waals surface area contributed by atoms with Crippen molar-refractivity contribution in [2.45, 2.75) is 26.3 Å². The Kier molecular flexibility index (Phi) is 3.48. The first-order valence-electron chi connectivity index (χ1n) is 8.13. The molecular weight excluding hydrogens is 286 g/mol. The highest BCUT2D eigenvalue weighted by Crippen LogP contribution is 2.26. The fourth-order valence-electron chi connectivity index (χ4n) is 3.58. The molecule has 0 bridgehead atoms. The van der Waals surface area contributed by atoms with Crippen molar-refractivity contribution in [1.29, 1.82) is 0 Å². The number of hydrogen-bond donors (Lipinski definition) is 0. The van der Waals surface area contributed by atoms with E-state index in [9.17, 15) is 0 Å². The maximum atomic E-state index is 4.60. The summed E-state index contributed by atoms with van der Waals surface area (Å²) in [4.78, 5) is 15.7. The second-order valence-corrected chi connectivity index (χ2v) is 6.47. The summed E-state index contributed by atoms with van der Waals surface area (Å²) in [5, 5.41) is 2.31. The van der Waals surface area contributed by atoms with E-state index in [2.05, 4.69) is 44.6 Å². The van der Waals surface area contributed by atoms with Crippen LogP contribution < -0.4 is 4.90 Å². The molecular formula is C18H21N5. The zero-order valence-corrected chi connectivity index (χ0v) is 13.6. The maximum Gasteiger partial charge on any atom is 0.136 e. The van der Waals surface area contributed by atoms with Crippen LogP contribution in [0.3, 0.4) is 0 Å². The maximum absolute atomic E-state index is 4.60. The predicted octanol–water partition coefficient (Wildman–Crippen LogP) is 2.83. The van der Waals surface area contributed by atoms with Crippen molar-refractivity contribution in [3.05, 3.63) is 48.4 Å². The van der Waals surface area contributed by atoms with Gasteiger partial charge in [0.05, 0.1) is 5.69 Å². The topological polar surface area (TPSA) is 46.8 Å². The monoisotopic (exact) mass is 307 g/mol. The van der Waals surface area contributed by atoms with E-state index in [1.54, 1.807) is 0 Å². The molecule has 0 amide bonds. The Labute approximate surface area is 136 Å². The van der Waals surface area contributed by atoms with Crippen LogP contribution in [-0.4, -0.2) is 33.1 Å². The highest BCUT2D eigenvalue weighted by molar-refractivity contribution is 5.91. The van der Waals surface area contributed by atoms with E-state index in [0.29, 0.717) is 5.92 Å². The van der Waals surface area contributed by atoms with Crippen LogP contribution in [0.5, 0.6) is 0 Å². The van der Waals surface area contributed by atoms with Gasteiger partial charge in [-0.2, -0.15) is 0 Å². The highest BCUT2D eigenvalue weighted by Gasteiger charge is 2.21. The van der Waals surface area contributed by atoms with Crippen molar-refractivity contribution in [1.82, 2.24) is 19.5 Å². The van der Waals surface area contributed by atoms with Gasteiger partial charge in [0.2, 0.25) is 0 Å². The van der Waals surface area contributed by atoms with Crippen molar-refractivity contribution >= 4 is 16.6 Å². The summed E-state index contributed by atoms with van der Waals surface area (Å²) in [7, 11) is 2.14. The molecule has 0 aliphatic carbocycles. The summed E-state index contributed by atoms with van der Waals surface area (Å²) >= 11 is 0. The molecule has 3 aromatic rings. The second-order valence-electron chi connectivity index (χ2n) is 6.47. The molecule has 0 aromatic carbocycles. The summed E-state index contributed by atoms with van der Waals surface area (Å²) in [5.41, 5.74) is 1.12. The molecule has 1 unspecified atom stereocenters. The lowest BCUT2D eigenvalue weighted by atomic mass is 9.99. The Bertz CT molecular complexity index is 833. The van der Waals surface area contributed by atoms with Crippen molar-refractivity contribution in [2.75, 3.05) is 18.5 Å². The molecule has 0 radical (unpaired) electrons. The number of nitrogens with zero attached hydrogens (tertiary/aromatic N) is 5. The number of imidazole rings is 1. The molecule has 0 N–H and O–H groups in total. The van der Waals surface area contributed by atoms with Crippen LogP contribution >= 0.6 is 0 Å². The van der Waals surface area contributed by atoms with Gasteiger partial charge in [-0.3, -0.25) is 4.98 Å². The molecule has 0 spiro atoms. The van der Waals surface area contributed by atoms with Gasteiger partial charge in [0, 0.05) is 62.1 Å². The van der Waals surface area contributed by atoms with Crippen LogP contribution in [0, 0.1) is 12.8 Å². The Hall–Kier alpha value is -2.43. The molecule has 118 valence electrons. The zero-order chi connectivity index (χ0) is 15.8. The van der Waals surface area contributed by atoms with Gasteiger partial charge in [0.1, 0.15) is 11.6 Å². The van der Waals surface area contributed by atoms with Gasteiger partial charge < -0.3 is 9.47 Å². The van der Waals surface area contributed by atoms with Crippen molar-refractivity contribution < 1.29 is 0 Å². The van der Waals surface area contributed by atoms with Crippen LogP contribution in [0.2, 0.25) is 0 Å². The average molecular weight is 307 g/mol. The Morgan fingerprint density at radius 3 is 3.13 bits per heavy atom. The first-order chi connectivity index (χ1) is 11.2. The van der Waals surface area contributed by atoms with Gasteiger partial charge >= 0.3 is 0 Å². The summed E-state index contributed by atoms with van der Waals surface area (Å²) in [6.45, 7) is 4.12. The lowest BCUT2D eigenvalue weighted by Crippen LogP contribution is -2.32. The Morgan fingerprint density at radius 1 is 1.30 bits per heavy atom. The van der Waals surface area contributed by atoms with E-state index in [4.69, 9.17) is 0 Å². The van der Waals surface area contributed by atoms with Crippen LogP contribution in [-0.2, 0) is 13.0 Å². The predicted molar refractivity (Wildman–Crippen MR) is 91.6 cm³/mol. The number of aryl methyl sites for hydroxylation is 2. The van der Waals surface area contributed by atoms with Gasteiger partial charge in [-0.1, -0.05) is 0 Å². The van der Waals surface area contributed by atoms with E-state index < -0.39 is 0 Å². The molecule has 0 saturated carbocycles.